The average molecular weight is 160 g/mol. The lowest BCUT2D eigenvalue weighted by Gasteiger charge is -2.11. The highest BCUT2D eigenvalue weighted by Crippen LogP contribution is 2.20. The standard InChI is InChI=1S/C10H13BO/c1-7-3-4-9(8(2)5-7)10(12)6-11/h3-5,10,12H,6H2,1-2H3/t10-/m0/s1. The average Bonchev–Trinajstić information content (AvgIpc) is 2.03. The third-order valence-corrected chi connectivity index (χ3v) is 2.01. The van der Waals surface area contributed by atoms with Crippen molar-refractivity contribution in [3.05, 3.63) is 34.9 Å². The van der Waals surface area contributed by atoms with Crippen molar-refractivity contribution >= 4 is 7.85 Å². The Hall–Kier alpha value is -0.755. The molecule has 12 heavy (non-hydrogen) atoms. The summed E-state index contributed by atoms with van der Waals surface area (Å²) in [6, 6.07) is 5.97. The van der Waals surface area contributed by atoms with Crippen molar-refractivity contribution in [2.45, 2.75) is 26.3 Å². The zero-order chi connectivity index (χ0) is 9.14. The minimum Gasteiger partial charge on any atom is -0.389 e. The van der Waals surface area contributed by atoms with Crippen molar-refractivity contribution < 1.29 is 5.11 Å². The lowest BCUT2D eigenvalue weighted by Crippen LogP contribution is -1.98. The summed E-state index contributed by atoms with van der Waals surface area (Å²) < 4.78 is 0. The van der Waals surface area contributed by atoms with Crippen LogP contribution in [0.2, 0.25) is 6.32 Å². The van der Waals surface area contributed by atoms with E-state index in [-0.39, 0.29) is 6.32 Å². The smallest absolute Gasteiger partial charge is 0.0715 e. The number of aliphatic hydroxyl groups excluding tert-OH is 1. The first-order valence-electron chi connectivity index (χ1n) is 4.10. The summed E-state index contributed by atoms with van der Waals surface area (Å²) in [7, 11) is 5.36. The monoisotopic (exact) mass is 160 g/mol. The Morgan fingerprint density at radius 3 is 2.58 bits per heavy atom. The maximum absolute atomic E-state index is 9.48. The molecular formula is C10H13BO. The first kappa shape index (κ1) is 9.33. The fourth-order valence-electron chi connectivity index (χ4n) is 1.33. The normalized spacial score (nSPS) is 12.9. The molecule has 0 aliphatic heterocycles. The van der Waals surface area contributed by atoms with E-state index in [9.17, 15) is 5.11 Å². The Morgan fingerprint density at radius 2 is 2.08 bits per heavy atom. The van der Waals surface area contributed by atoms with Crippen LogP contribution in [0.5, 0.6) is 0 Å². The van der Waals surface area contributed by atoms with Crippen molar-refractivity contribution in [1.29, 1.82) is 0 Å². The molecule has 0 bridgehead atoms. The molecule has 0 amide bonds. The molecule has 0 fully saturated rings. The molecule has 0 aliphatic rings. The van der Waals surface area contributed by atoms with Gasteiger partial charge in [0.15, 0.2) is 0 Å². The fourth-order valence-corrected chi connectivity index (χ4v) is 1.33. The summed E-state index contributed by atoms with van der Waals surface area (Å²) in [6.07, 6.45) is -0.241. The van der Waals surface area contributed by atoms with Gasteiger partial charge >= 0.3 is 0 Å². The third-order valence-electron chi connectivity index (χ3n) is 2.01. The molecule has 1 nitrogen and oxygen atoms in total. The first-order chi connectivity index (χ1) is 5.65. The Labute approximate surface area is 74.8 Å². The second-order valence-electron chi connectivity index (χ2n) is 3.11. The van der Waals surface area contributed by atoms with Gasteiger partial charge in [-0.15, -0.1) is 0 Å². The van der Waals surface area contributed by atoms with Crippen LogP contribution in [0.3, 0.4) is 0 Å². The zero-order valence-corrected chi connectivity index (χ0v) is 7.54. The summed E-state index contributed by atoms with van der Waals surface area (Å²) >= 11 is 0. The molecule has 0 saturated carbocycles. The number of rotatable bonds is 2. The van der Waals surface area contributed by atoms with Crippen LogP contribution < -0.4 is 0 Å². The molecule has 0 spiro atoms. The summed E-state index contributed by atoms with van der Waals surface area (Å²) in [5.74, 6) is 0. The summed E-state index contributed by atoms with van der Waals surface area (Å²) in [5, 5.41) is 9.48. The maximum atomic E-state index is 9.48. The topological polar surface area (TPSA) is 20.2 Å². The van der Waals surface area contributed by atoms with E-state index >= 15 is 0 Å². The van der Waals surface area contributed by atoms with Gasteiger partial charge in [-0.25, -0.2) is 0 Å². The van der Waals surface area contributed by atoms with Gasteiger partial charge in [-0.2, -0.15) is 0 Å². The number of hydrogen-bond acceptors (Lipinski definition) is 1. The summed E-state index contributed by atoms with van der Waals surface area (Å²) in [4.78, 5) is 0. The van der Waals surface area contributed by atoms with Crippen LogP contribution in [0, 0.1) is 13.8 Å². The van der Waals surface area contributed by atoms with E-state index in [0.29, 0.717) is 0 Å². The predicted molar refractivity (Wildman–Crippen MR) is 51.4 cm³/mol. The highest BCUT2D eigenvalue weighted by Gasteiger charge is 2.06. The number of benzene rings is 1. The minimum absolute atomic E-state index is 0.282. The molecule has 0 aliphatic carbocycles. The van der Waals surface area contributed by atoms with E-state index in [1.807, 2.05) is 32.0 Å². The van der Waals surface area contributed by atoms with E-state index in [4.69, 9.17) is 7.85 Å². The van der Waals surface area contributed by atoms with Crippen LogP contribution in [0.1, 0.15) is 22.8 Å². The third kappa shape index (κ3) is 1.89. The first-order valence-corrected chi connectivity index (χ1v) is 4.10. The number of hydrogen-bond donors (Lipinski definition) is 1. The van der Waals surface area contributed by atoms with Crippen molar-refractivity contribution in [2.75, 3.05) is 0 Å². The molecule has 1 N–H and O–H groups in total. The largest absolute Gasteiger partial charge is 0.389 e. The summed E-state index contributed by atoms with van der Waals surface area (Å²) in [5.41, 5.74) is 3.25. The van der Waals surface area contributed by atoms with E-state index in [2.05, 4.69) is 0 Å². The Bertz CT molecular complexity index is 271. The molecule has 0 aromatic heterocycles. The second-order valence-corrected chi connectivity index (χ2v) is 3.11. The molecule has 1 rings (SSSR count). The Morgan fingerprint density at radius 1 is 1.42 bits per heavy atom. The van der Waals surface area contributed by atoms with Gasteiger partial charge in [0.05, 0.1) is 14.0 Å². The van der Waals surface area contributed by atoms with E-state index in [1.54, 1.807) is 0 Å². The van der Waals surface area contributed by atoms with Gasteiger partial charge < -0.3 is 5.11 Å². The molecule has 1 aromatic carbocycles. The van der Waals surface area contributed by atoms with Crippen molar-refractivity contribution in [3.63, 3.8) is 0 Å². The molecule has 1 aromatic rings. The second kappa shape index (κ2) is 3.77. The van der Waals surface area contributed by atoms with Crippen LogP contribution in [0.15, 0.2) is 18.2 Å². The SMILES string of the molecule is [B]C[C@H](O)c1ccc(C)cc1C. The van der Waals surface area contributed by atoms with Gasteiger partial charge in [0, 0.05) is 0 Å². The van der Waals surface area contributed by atoms with E-state index in [0.717, 1.165) is 11.1 Å². The molecule has 0 unspecified atom stereocenters. The lowest BCUT2D eigenvalue weighted by molar-refractivity contribution is 0.199. The van der Waals surface area contributed by atoms with Gasteiger partial charge in [0.2, 0.25) is 0 Å². The molecule has 0 saturated heterocycles. The highest BCUT2D eigenvalue weighted by molar-refractivity contribution is 6.08. The van der Waals surface area contributed by atoms with Gasteiger partial charge in [-0.1, -0.05) is 30.1 Å². The summed E-state index contributed by atoms with van der Waals surface area (Å²) in [6.45, 7) is 4.02. The van der Waals surface area contributed by atoms with Gasteiger partial charge in [0.1, 0.15) is 0 Å². The zero-order valence-electron chi connectivity index (χ0n) is 7.54. The van der Waals surface area contributed by atoms with Crippen molar-refractivity contribution in [1.82, 2.24) is 0 Å². The quantitative estimate of drug-likeness (QED) is 0.655. The molecule has 0 heterocycles. The van der Waals surface area contributed by atoms with Crippen LogP contribution in [0.4, 0.5) is 0 Å². The minimum atomic E-state index is -0.523. The van der Waals surface area contributed by atoms with Crippen molar-refractivity contribution in [2.24, 2.45) is 0 Å². The van der Waals surface area contributed by atoms with Crippen LogP contribution in [-0.2, 0) is 0 Å². The lowest BCUT2D eigenvalue weighted by atomic mass is 9.91. The van der Waals surface area contributed by atoms with Gasteiger partial charge in [-0.05, 0) is 25.0 Å². The Balaban J connectivity index is 3.01. The predicted octanol–water partition coefficient (Wildman–Crippen LogP) is 1.92. The fraction of sp³-hybridized carbons (Fsp3) is 0.400. The van der Waals surface area contributed by atoms with E-state index < -0.39 is 6.10 Å². The van der Waals surface area contributed by atoms with Gasteiger partial charge in [-0.3, -0.25) is 0 Å². The van der Waals surface area contributed by atoms with Gasteiger partial charge in [0.25, 0.3) is 0 Å². The molecule has 1 atom stereocenters. The number of aryl methyl sites for hydroxylation is 2. The number of aliphatic hydroxyl groups is 1. The molecule has 2 radical (unpaired) electrons. The maximum Gasteiger partial charge on any atom is 0.0715 e. The van der Waals surface area contributed by atoms with Crippen LogP contribution >= 0.6 is 0 Å². The van der Waals surface area contributed by atoms with Crippen LogP contribution in [-0.4, -0.2) is 13.0 Å². The van der Waals surface area contributed by atoms with E-state index in [1.165, 1.54) is 5.56 Å². The molecule has 62 valence electrons. The van der Waals surface area contributed by atoms with Crippen molar-refractivity contribution in [3.8, 4) is 0 Å². The Kier molecular flexibility index (Phi) is 2.93. The highest BCUT2D eigenvalue weighted by atomic mass is 16.3. The van der Waals surface area contributed by atoms with Crippen LogP contribution in [0.25, 0.3) is 0 Å². The molecule has 2 heteroatoms. The molecular weight excluding hydrogens is 147 g/mol.